The number of esters is 2. The van der Waals surface area contributed by atoms with Gasteiger partial charge in [-0.25, -0.2) is 9.13 Å². The summed E-state index contributed by atoms with van der Waals surface area (Å²) >= 11 is 0. The minimum absolute atomic E-state index is 0.0221. The molecule has 0 aromatic rings. The molecule has 5 N–H and O–H groups in total. The summed E-state index contributed by atoms with van der Waals surface area (Å²) in [6.07, 6.45) is 52.2. The summed E-state index contributed by atoms with van der Waals surface area (Å²) in [5.41, 5.74) is 0. The Bertz CT molecular complexity index is 1590. The number of phosphoric ester groups is 2. The van der Waals surface area contributed by atoms with Crippen molar-refractivity contribution in [3.8, 4) is 0 Å². The molecule has 0 aliphatic rings. The van der Waals surface area contributed by atoms with Crippen molar-refractivity contribution in [1.82, 2.24) is 0 Å². The Kier molecular flexibility index (Phi) is 41.0. The lowest BCUT2D eigenvalue weighted by Gasteiger charge is -2.20. The fourth-order valence-corrected chi connectivity index (χ4v) is 6.21. The van der Waals surface area contributed by atoms with Gasteiger partial charge in [0.05, 0.1) is 19.8 Å². The molecule has 0 saturated carbocycles. The van der Waals surface area contributed by atoms with Crippen LogP contribution in [0.2, 0.25) is 0 Å². The van der Waals surface area contributed by atoms with Crippen LogP contribution >= 0.6 is 15.6 Å². The Balaban J connectivity index is 4.73. The van der Waals surface area contributed by atoms with Gasteiger partial charge in [-0.15, -0.1) is 0 Å². The number of hydrogen-bond donors (Lipinski definition) is 5. The molecule has 362 valence electrons. The summed E-state index contributed by atoms with van der Waals surface area (Å²) in [5, 5.41) is 18.5. The minimum atomic E-state index is -4.89. The first-order chi connectivity index (χ1) is 30.9. The number of aliphatic hydroxyl groups excluding tert-OH is 2. The van der Waals surface area contributed by atoms with E-state index < -0.39 is 66.2 Å². The van der Waals surface area contributed by atoms with Gasteiger partial charge in [0.15, 0.2) is 6.10 Å². The third-order valence-electron chi connectivity index (χ3n) is 8.39. The van der Waals surface area contributed by atoms with Crippen LogP contribution < -0.4 is 0 Å². The number of allylic oxidation sites excluding steroid dienone is 20. The van der Waals surface area contributed by atoms with Crippen molar-refractivity contribution in [1.29, 1.82) is 0 Å². The summed E-state index contributed by atoms with van der Waals surface area (Å²) in [5.74, 6) is -1.22. The van der Waals surface area contributed by atoms with Crippen LogP contribution in [0, 0.1) is 0 Å². The monoisotopic (exact) mass is 938 g/mol. The summed E-state index contributed by atoms with van der Waals surface area (Å²) < 4.78 is 47.6. The molecule has 0 radical (unpaired) electrons. The summed E-state index contributed by atoms with van der Waals surface area (Å²) in [4.78, 5) is 52.7. The van der Waals surface area contributed by atoms with Crippen LogP contribution in [0.4, 0.5) is 0 Å². The zero-order chi connectivity index (χ0) is 47.3. The molecule has 64 heavy (non-hydrogen) atoms. The number of aliphatic hydroxyl groups is 2. The molecule has 0 bridgehead atoms. The number of ether oxygens (including phenoxy) is 2. The Morgan fingerprint density at radius 2 is 0.906 bits per heavy atom. The van der Waals surface area contributed by atoms with Gasteiger partial charge in [-0.05, 0) is 96.3 Å². The van der Waals surface area contributed by atoms with Gasteiger partial charge in [0.2, 0.25) is 0 Å². The summed E-state index contributed by atoms with van der Waals surface area (Å²) in [7, 11) is -9.74. The summed E-state index contributed by atoms with van der Waals surface area (Å²) in [6.45, 7) is -0.525. The third kappa shape index (κ3) is 46.5. The van der Waals surface area contributed by atoms with Crippen molar-refractivity contribution in [3.05, 3.63) is 122 Å². The van der Waals surface area contributed by atoms with Gasteiger partial charge >= 0.3 is 27.6 Å². The first kappa shape index (κ1) is 60.5. The van der Waals surface area contributed by atoms with Gasteiger partial charge in [-0.2, -0.15) is 0 Å². The lowest BCUT2D eigenvalue weighted by atomic mass is 10.2. The molecule has 16 heteroatoms. The van der Waals surface area contributed by atoms with E-state index in [1.807, 2.05) is 30.4 Å². The van der Waals surface area contributed by atoms with E-state index in [-0.39, 0.29) is 19.4 Å². The van der Waals surface area contributed by atoms with E-state index in [1.54, 1.807) is 0 Å². The van der Waals surface area contributed by atoms with Crippen LogP contribution in [0.1, 0.15) is 122 Å². The topological polar surface area (TPSA) is 216 Å². The average molecular weight is 939 g/mol. The van der Waals surface area contributed by atoms with Gasteiger partial charge in [0.1, 0.15) is 12.7 Å². The molecule has 1 unspecified atom stereocenters. The number of carbonyl (C=O) groups excluding carboxylic acids is 2. The highest BCUT2D eigenvalue weighted by Crippen LogP contribution is 2.43. The van der Waals surface area contributed by atoms with Crippen molar-refractivity contribution in [2.24, 2.45) is 0 Å². The fourth-order valence-electron chi connectivity index (χ4n) is 5.05. The van der Waals surface area contributed by atoms with Gasteiger partial charge in [0.25, 0.3) is 0 Å². The highest BCUT2D eigenvalue weighted by Gasteiger charge is 2.28. The van der Waals surface area contributed by atoms with Crippen molar-refractivity contribution >= 4 is 27.6 Å². The molecule has 0 aromatic carbocycles. The highest BCUT2D eigenvalue weighted by atomic mass is 31.2. The van der Waals surface area contributed by atoms with Crippen molar-refractivity contribution in [2.45, 2.75) is 135 Å². The maximum atomic E-state index is 12.7. The number of carbonyl (C=O) groups is 2. The molecule has 0 amide bonds. The smallest absolute Gasteiger partial charge is 0.462 e. The second-order valence-electron chi connectivity index (χ2n) is 14.3. The third-order valence-corrected chi connectivity index (χ3v) is 9.83. The number of phosphoric acid groups is 2. The van der Waals surface area contributed by atoms with E-state index in [2.05, 4.69) is 107 Å². The molecule has 0 spiro atoms. The molecular weight excluding hydrogens is 862 g/mol. The molecule has 0 aliphatic carbocycles. The average Bonchev–Trinajstić information content (AvgIpc) is 3.26. The van der Waals surface area contributed by atoms with Crippen LogP contribution in [0.15, 0.2) is 122 Å². The lowest BCUT2D eigenvalue weighted by Crippen LogP contribution is -2.29. The molecule has 14 nitrogen and oxygen atoms in total. The standard InChI is InChI=1S/C48H76O14P2/c1-2-3-4-5-6-7-8-9-10-11-12-14-17-20-23-26-29-32-35-38-47(51)58-43-46(44-61-64(56,57)60-42-45(50)41-59-63(53,54)55)62-48(52)39-36-33-30-27-24-21-18-15-13-16-19-22-25-28-31-34-37-40-49/h3-4,6-7,9-10,12-14,16,18,20-23,25,27,29-30,32,45-46,49-50H,2,5,8,11,15,17,19,24,26,28,31,33-44H2,1H3,(H,56,57)(H2,53,54,55)/b4-3-,7-6-,10-9-,14-12-,16-13-,21-18-,23-20-,25-22-,30-27-,32-29-/t45-,46+/m0/s1. The molecule has 0 fully saturated rings. The largest absolute Gasteiger partial charge is 0.472 e. The molecule has 0 aliphatic heterocycles. The van der Waals surface area contributed by atoms with E-state index in [0.29, 0.717) is 25.7 Å². The Hall–Kier alpha value is -3.52. The molecule has 0 saturated heterocycles. The molecule has 0 rings (SSSR count). The van der Waals surface area contributed by atoms with Gasteiger partial charge < -0.3 is 34.4 Å². The zero-order valence-electron chi connectivity index (χ0n) is 37.8. The molecule has 0 heterocycles. The van der Waals surface area contributed by atoms with Crippen LogP contribution in [-0.4, -0.2) is 82.1 Å². The SMILES string of the molecule is CC/C=C\C/C=C\C/C=C\C/C=C\C/C=C\C/C=C\CCC(=O)OC[C@H](COP(=O)(O)OC[C@@H](O)COP(=O)(O)O)OC(=O)CCC/C=C\C/C=C\C/C=C\C/C=C\CCCCCO. The van der Waals surface area contributed by atoms with E-state index >= 15 is 0 Å². The maximum absolute atomic E-state index is 12.7. The summed E-state index contributed by atoms with van der Waals surface area (Å²) in [6, 6.07) is 0. The second-order valence-corrected chi connectivity index (χ2v) is 17.0. The number of unbranched alkanes of at least 4 members (excludes halogenated alkanes) is 4. The van der Waals surface area contributed by atoms with Gasteiger partial charge in [-0.1, -0.05) is 135 Å². The highest BCUT2D eigenvalue weighted by molar-refractivity contribution is 7.47. The predicted octanol–water partition coefficient (Wildman–Crippen LogP) is 10.6. The number of rotatable bonds is 41. The van der Waals surface area contributed by atoms with Crippen molar-refractivity contribution < 1.29 is 66.7 Å². The lowest BCUT2D eigenvalue weighted by molar-refractivity contribution is -0.161. The van der Waals surface area contributed by atoms with Crippen molar-refractivity contribution in [2.75, 3.05) is 33.0 Å². The second kappa shape index (κ2) is 43.4. The Morgan fingerprint density at radius 1 is 0.484 bits per heavy atom. The molecule has 3 atom stereocenters. The van der Waals surface area contributed by atoms with E-state index in [4.69, 9.17) is 28.9 Å². The van der Waals surface area contributed by atoms with E-state index in [1.165, 1.54) is 0 Å². The van der Waals surface area contributed by atoms with Crippen LogP contribution in [-0.2, 0) is 41.8 Å². The van der Waals surface area contributed by atoms with Gasteiger partial charge in [-0.3, -0.25) is 23.2 Å². The normalized spacial score (nSPS) is 15.0. The molecular formula is C48H76O14P2. The quantitative estimate of drug-likeness (QED) is 0.0167. The van der Waals surface area contributed by atoms with Crippen LogP contribution in [0.3, 0.4) is 0 Å². The molecule has 0 aromatic heterocycles. The van der Waals surface area contributed by atoms with Gasteiger partial charge in [0, 0.05) is 19.4 Å². The predicted molar refractivity (Wildman–Crippen MR) is 254 cm³/mol. The fraction of sp³-hybridized carbons (Fsp3) is 0.542. The van der Waals surface area contributed by atoms with E-state index in [0.717, 1.165) is 77.0 Å². The minimum Gasteiger partial charge on any atom is -0.462 e. The first-order valence-corrected chi connectivity index (χ1v) is 25.4. The number of hydrogen-bond acceptors (Lipinski definition) is 11. The maximum Gasteiger partial charge on any atom is 0.472 e. The van der Waals surface area contributed by atoms with Crippen molar-refractivity contribution in [3.63, 3.8) is 0 Å². The zero-order valence-corrected chi connectivity index (χ0v) is 39.6. The van der Waals surface area contributed by atoms with Crippen LogP contribution in [0.25, 0.3) is 0 Å². The Labute approximate surface area is 382 Å². The van der Waals surface area contributed by atoms with E-state index in [9.17, 15) is 28.7 Å². The first-order valence-electron chi connectivity index (χ1n) is 22.3. The van der Waals surface area contributed by atoms with Crippen LogP contribution in [0.5, 0.6) is 0 Å². The Morgan fingerprint density at radius 3 is 1.38 bits per heavy atom.